The molecule has 0 atom stereocenters. The first kappa shape index (κ1) is 19.3. The molecule has 150 valence electrons. The molecular weight excluding hydrogens is 386 g/mol. The second-order valence-corrected chi connectivity index (χ2v) is 7.95. The Balaban J connectivity index is 1.44. The smallest absolute Gasteiger partial charge is 0.261 e. The molecular formula is C23H23NO4S. The van der Waals surface area contributed by atoms with Gasteiger partial charge in [0.1, 0.15) is 12.4 Å². The molecule has 5 nitrogen and oxygen atoms in total. The van der Waals surface area contributed by atoms with Gasteiger partial charge in [0.05, 0.1) is 19.1 Å². The van der Waals surface area contributed by atoms with E-state index in [0.29, 0.717) is 35.9 Å². The van der Waals surface area contributed by atoms with E-state index in [1.165, 1.54) is 11.3 Å². The van der Waals surface area contributed by atoms with Crippen molar-refractivity contribution in [3.63, 3.8) is 0 Å². The Morgan fingerprint density at radius 3 is 2.76 bits per heavy atom. The highest BCUT2D eigenvalue weighted by atomic mass is 32.1. The van der Waals surface area contributed by atoms with Crippen LogP contribution in [0.3, 0.4) is 0 Å². The zero-order valence-corrected chi connectivity index (χ0v) is 17.5. The summed E-state index contributed by atoms with van der Waals surface area (Å²) in [5.41, 5.74) is 4.40. The topological polar surface area (TPSA) is 56.8 Å². The predicted octanol–water partition coefficient (Wildman–Crippen LogP) is 4.61. The highest BCUT2D eigenvalue weighted by Crippen LogP contribution is 2.44. The van der Waals surface area contributed by atoms with Crippen molar-refractivity contribution in [2.24, 2.45) is 0 Å². The molecule has 2 heterocycles. The number of nitrogens with one attached hydrogen (secondary N) is 1. The fourth-order valence-electron chi connectivity index (χ4n) is 3.51. The van der Waals surface area contributed by atoms with E-state index in [9.17, 15) is 4.79 Å². The summed E-state index contributed by atoms with van der Waals surface area (Å²) in [5.74, 6) is 2.22. The average Bonchev–Trinajstić information content (AvgIpc) is 3.18. The number of rotatable bonds is 6. The molecule has 1 N–H and O–H groups in total. The number of fused-ring (bicyclic) bond motifs is 3. The number of hydrogen-bond acceptors (Lipinski definition) is 5. The first-order valence-electron chi connectivity index (χ1n) is 9.45. The third kappa shape index (κ3) is 3.80. The molecule has 1 aliphatic rings. The zero-order valence-electron chi connectivity index (χ0n) is 16.7. The van der Waals surface area contributed by atoms with Crippen LogP contribution in [0, 0.1) is 6.92 Å². The molecule has 0 saturated carbocycles. The number of hydrogen-bond donors (Lipinski definition) is 1. The summed E-state index contributed by atoms with van der Waals surface area (Å²) < 4.78 is 16.5. The highest BCUT2D eigenvalue weighted by molar-refractivity contribution is 7.17. The molecule has 3 aromatic rings. The van der Waals surface area contributed by atoms with Crippen LogP contribution in [-0.2, 0) is 13.0 Å². The fraction of sp³-hybridized carbons (Fsp3) is 0.261. The van der Waals surface area contributed by atoms with Crippen LogP contribution in [0.25, 0.3) is 10.4 Å². The number of benzene rings is 2. The summed E-state index contributed by atoms with van der Waals surface area (Å²) in [6, 6.07) is 13.8. The summed E-state index contributed by atoms with van der Waals surface area (Å²) in [7, 11) is 3.23. The average molecular weight is 410 g/mol. The van der Waals surface area contributed by atoms with E-state index in [1.807, 2.05) is 36.4 Å². The first-order chi connectivity index (χ1) is 14.1. The molecule has 2 aromatic carbocycles. The van der Waals surface area contributed by atoms with Crippen molar-refractivity contribution in [1.29, 1.82) is 0 Å². The van der Waals surface area contributed by atoms with Gasteiger partial charge in [0, 0.05) is 22.5 Å². The van der Waals surface area contributed by atoms with Gasteiger partial charge in [0.15, 0.2) is 11.5 Å². The number of methoxy groups -OCH3 is 2. The summed E-state index contributed by atoms with van der Waals surface area (Å²) in [6.07, 6.45) is 0.711. The third-order valence-electron chi connectivity index (χ3n) is 5.02. The lowest BCUT2D eigenvalue weighted by atomic mass is 10.0. The van der Waals surface area contributed by atoms with Gasteiger partial charge in [-0.3, -0.25) is 4.79 Å². The fourth-order valence-corrected chi connectivity index (χ4v) is 4.71. The van der Waals surface area contributed by atoms with Crippen LogP contribution >= 0.6 is 11.3 Å². The standard InChI is InChI=1S/C23H23NO4S/c1-14-5-4-6-18-21(14)22-16(13-28-18)12-20(29-22)23(25)24-10-9-15-7-8-17(26-2)19(11-15)27-3/h4-8,11-12H,9-10,13H2,1-3H3,(H,24,25). The monoisotopic (exact) mass is 409 g/mol. The van der Waals surface area contributed by atoms with Crippen molar-refractivity contribution in [2.45, 2.75) is 20.0 Å². The Kier molecular flexibility index (Phi) is 5.45. The molecule has 0 bridgehead atoms. The predicted molar refractivity (Wildman–Crippen MR) is 114 cm³/mol. The number of thiophene rings is 1. The third-order valence-corrected chi connectivity index (χ3v) is 6.22. The first-order valence-corrected chi connectivity index (χ1v) is 10.3. The molecule has 1 aliphatic heterocycles. The van der Waals surface area contributed by atoms with Crippen LogP contribution in [0.4, 0.5) is 0 Å². The van der Waals surface area contributed by atoms with Crippen LogP contribution in [0.5, 0.6) is 17.2 Å². The number of carbonyl (C=O) groups excluding carboxylic acids is 1. The van der Waals surface area contributed by atoms with Crippen LogP contribution < -0.4 is 19.5 Å². The molecule has 4 rings (SSSR count). The van der Waals surface area contributed by atoms with Gasteiger partial charge in [-0.25, -0.2) is 0 Å². The van der Waals surface area contributed by atoms with Crippen LogP contribution in [0.15, 0.2) is 42.5 Å². The minimum absolute atomic E-state index is 0.0555. The lowest BCUT2D eigenvalue weighted by molar-refractivity contribution is 0.0958. The Labute approximate surface area is 174 Å². The molecule has 0 unspecified atom stereocenters. The Hall–Kier alpha value is -2.99. The van der Waals surface area contributed by atoms with Crippen LogP contribution in [-0.4, -0.2) is 26.7 Å². The maximum atomic E-state index is 12.7. The molecule has 29 heavy (non-hydrogen) atoms. The van der Waals surface area contributed by atoms with Gasteiger partial charge in [0.25, 0.3) is 5.91 Å². The number of amides is 1. The van der Waals surface area contributed by atoms with Gasteiger partial charge >= 0.3 is 0 Å². The Morgan fingerprint density at radius 2 is 1.97 bits per heavy atom. The van der Waals surface area contributed by atoms with E-state index < -0.39 is 0 Å². The summed E-state index contributed by atoms with van der Waals surface area (Å²) >= 11 is 1.53. The SMILES string of the molecule is COc1ccc(CCNC(=O)c2cc3c(s2)-c2c(C)cccc2OC3)cc1OC. The normalized spacial score (nSPS) is 11.8. The molecule has 0 aliphatic carbocycles. The molecule has 0 saturated heterocycles. The van der Waals surface area contributed by atoms with Crippen LogP contribution in [0.2, 0.25) is 0 Å². The van der Waals surface area contributed by atoms with Crippen molar-refractivity contribution in [1.82, 2.24) is 5.32 Å². The van der Waals surface area contributed by atoms with Gasteiger partial charge in [0.2, 0.25) is 0 Å². The Morgan fingerprint density at radius 1 is 1.14 bits per heavy atom. The van der Waals surface area contributed by atoms with E-state index in [2.05, 4.69) is 18.3 Å². The number of carbonyl (C=O) groups is 1. The maximum absolute atomic E-state index is 12.7. The van der Waals surface area contributed by atoms with Gasteiger partial charge in [-0.15, -0.1) is 11.3 Å². The summed E-state index contributed by atoms with van der Waals surface area (Å²) in [4.78, 5) is 14.5. The quantitative estimate of drug-likeness (QED) is 0.646. The van der Waals surface area contributed by atoms with Crippen molar-refractivity contribution in [3.8, 4) is 27.7 Å². The minimum atomic E-state index is -0.0555. The van der Waals surface area contributed by atoms with Crippen molar-refractivity contribution in [2.75, 3.05) is 20.8 Å². The summed E-state index contributed by atoms with van der Waals surface area (Å²) in [5, 5.41) is 3.02. The van der Waals surface area contributed by atoms with Crippen molar-refractivity contribution in [3.05, 3.63) is 64.0 Å². The minimum Gasteiger partial charge on any atom is -0.493 e. The lowest BCUT2D eigenvalue weighted by Crippen LogP contribution is -2.24. The number of aryl methyl sites for hydroxylation is 1. The van der Waals surface area contributed by atoms with E-state index >= 15 is 0 Å². The second kappa shape index (κ2) is 8.17. The van der Waals surface area contributed by atoms with E-state index in [-0.39, 0.29) is 5.91 Å². The van der Waals surface area contributed by atoms with Crippen molar-refractivity contribution >= 4 is 17.2 Å². The Bertz CT molecular complexity index is 1060. The van der Waals surface area contributed by atoms with E-state index in [0.717, 1.165) is 32.9 Å². The molecule has 0 spiro atoms. The van der Waals surface area contributed by atoms with E-state index in [1.54, 1.807) is 14.2 Å². The number of ether oxygens (including phenoxy) is 3. The summed E-state index contributed by atoms with van der Waals surface area (Å²) in [6.45, 7) is 3.12. The lowest BCUT2D eigenvalue weighted by Gasteiger charge is -2.19. The largest absolute Gasteiger partial charge is 0.493 e. The van der Waals surface area contributed by atoms with Crippen LogP contribution in [0.1, 0.15) is 26.4 Å². The van der Waals surface area contributed by atoms with Gasteiger partial charge < -0.3 is 19.5 Å². The highest BCUT2D eigenvalue weighted by Gasteiger charge is 2.23. The maximum Gasteiger partial charge on any atom is 0.261 e. The van der Waals surface area contributed by atoms with Gasteiger partial charge in [-0.1, -0.05) is 18.2 Å². The van der Waals surface area contributed by atoms with Crippen molar-refractivity contribution < 1.29 is 19.0 Å². The second-order valence-electron chi connectivity index (χ2n) is 6.90. The molecule has 0 radical (unpaired) electrons. The zero-order chi connectivity index (χ0) is 20.4. The molecule has 0 fully saturated rings. The molecule has 1 amide bonds. The van der Waals surface area contributed by atoms with Gasteiger partial charge in [-0.2, -0.15) is 0 Å². The van der Waals surface area contributed by atoms with E-state index in [4.69, 9.17) is 14.2 Å². The molecule has 1 aromatic heterocycles. The molecule has 6 heteroatoms. The van der Waals surface area contributed by atoms with Gasteiger partial charge in [-0.05, 0) is 48.7 Å².